The van der Waals surface area contributed by atoms with Gasteiger partial charge in [0.2, 0.25) is 17.3 Å². The first-order chi connectivity index (χ1) is 14.4. The number of benzene rings is 1. The van der Waals surface area contributed by atoms with Gasteiger partial charge in [-0.15, -0.1) is 0 Å². The van der Waals surface area contributed by atoms with Crippen LogP contribution in [-0.4, -0.2) is 42.7 Å². The maximum atomic E-state index is 13.1. The molecule has 7 nitrogen and oxygen atoms in total. The van der Waals surface area contributed by atoms with E-state index in [4.69, 9.17) is 24.6 Å². The van der Waals surface area contributed by atoms with Gasteiger partial charge in [-0.25, -0.2) is 0 Å². The molecular formula is C23H25N3O4. The SMILES string of the molecule is CC1(C)Cc2c(c(N3CCOCC3)nc3oc(C(=O)c4ccccc4)c(N)c23)CO1. The lowest BCUT2D eigenvalue weighted by Gasteiger charge is -2.36. The molecule has 30 heavy (non-hydrogen) atoms. The van der Waals surface area contributed by atoms with Crippen LogP contribution in [0.25, 0.3) is 11.1 Å². The number of furan rings is 1. The maximum Gasteiger partial charge on any atom is 0.231 e. The topological polar surface area (TPSA) is 90.8 Å². The lowest BCUT2D eigenvalue weighted by molar-refractivity contribution is -0.0396. The summed E-state index contributed by atoms with van der Waals surface area (Å²) >= 11 is 0. The van der Waals surface area contributed by atoms with Crippen LogP contribution in [0.2, 0.25) is 0 Å². The molecule has 2 aliphatic rings. The van der Waals surface area contributed by atoms with Gasteiger partial charge in [-0.05, 0) is 19.4 Å². The average molecular weight is 407 g/mol. The van der Waals surface area contributed by atoms with Crippen LogP contribution >= 0.6 is 0 Å². The monoisotopic (exact) mass is 407 g/mol. The first kappa shape index (κ1) is 19.1. The Hall–Kier alpha value is -2.90. The van der Waals surface area contributed by atoms with Crippen molar-refractivity contribution in [1.29, 1.82) is 0 Å². The molecule has 0 radical (unpaired) electrons. The van der Waals surface area contributed by atoms with Crippen molar-refractivity contribution in [2.24, 2.45) is 0 Å². The summed E-state index contributed by atoms with van der Waals surface area (Å²) in [5.41, 5.74) is 9.54. The van der Waals surface area contributed by atoms with Crippen LogP contribution in [0, 0.1) is 0 Å². The average Bonchev–Trinajstić information content (AvgIpc) is 3.09. The highest BCUT2D eigenvalue weighted by molar-refractivity contribution is 6.14. The van der Waals surface area contributed by atoms with Crippen molar-refractivity contribution in [3.8, 4) is 0 Å². The standard InChI is InChI=1S/C23H25N3O4/c1-23(2)12-15-16(13-29-23)21(26-8-10-28-11-9-26)25-22-17(15)18(24)20(30-22)19(27)14-6-4-3-5-7-14/h3-7H,8-13,24H2,1-2H3. The van der Waals surface area contributed by atoms with Crippen molar-refractivity contribution in [3.05, 3.63) is 52.8 Å². The van der Waals surface area contributed by atoms with Crippen LogP contribution in [0.15, 0.2) is 34.7 Å². The summed E-state index contributed by atoms with van der Waals surface area (Å²) in [6, 6.07) is 9.03. The summed E-state index contributed by atoms with van der Waals surface area (Å²) < 4.78 is 17.6. The summed E-state index contributed by atoms with van der Waals surface area (Å²) in [4.78, 5) is 20.1. The summed E-state index contributed by atoms with van der Waals surface area (Å²) in [7, 11) is 0. The molecule has 3 aromatic rings. The molecule has 0 amide bonds. The third-order valence-corrected chi connectivity index (χ3v) is 5.83. The number of carbonyl (C=O) groups excluding carboxylic acids is 1. The van der Waals surface area contributed by atoms with Crippen LogP contribution < -0.4 is 10.6 Å². The zero-order valence-corrected chi connectivity index (χ0v) is 17.2. The van der Waals surface area contributed by atoms with E-state index >= 15 is 0 Å². The molecule has 4 heterocycles. The van der Waals surface area contributed by atoms with Crippen molar-refractivity contribution in [2.45, 2.75) is 32.5 Å². The first-order valence-electron chi connectivity index (χ1n) is 10.2. The number of nitrogen functional groups attached to an aromatic ring is 1. The molecule has 0 unspecified atom stereocenters. The molecule has 0 saturated carbocycles. The molecule has 0 spiro atoms. The van der Waals surface area contributed by atoms with Gasteiger partial charge >= 0.3 is 0 Å². The molecular weight excluding hydrogens is 382 g/mol. The number of anilines is 2. The smallest absolute Gasteiger partial charge is 0.231 e. The molecule has 1 fully saturated rings. The van der Waals surface area contributed by atoms with Crippen molar-refractivity contribution in [2.75, 3.05) is 36.9 Å². The normalized spacial score (nSPS) is 18.4. The van der Waals surface area contributed by atoms with E-state index < -0.39 is 0 Å². The van der Waals surface area contributed by atoms with Crippen LogP contribution in [0.4, 0.5) is 11.5 Å². The van der Waals surface area contributed by atoms with Crippen LogP contribution in [0.1, 0.15) is 41.1 Å². The zero-order chi connectivity index (χ0) is 20.9. The van der Waals surface area contributed by atoms with Gasteiger partial charge in [0.25, 0.3) is 0 Å². The molecule has 156 valence electrons. The van der Waals surface area contributed by atoms with Crippen LogP contribution in [-0.2, 0) is 22.5 Å². The number of rotatable bonds is 3. The highest BCUT2D eigenvalue weighted by Crippen LogP contribution is 2.42. The van der Waals surface area contributed by atoms with E-state index in [0.29, 0.717) is 43.2 Å². The van der Waals surface area contributed by atoms with E-state index in [1.807, 2.05) is 18.2 Å². The van der Waals surface area contributed by atoms with E-state index in [-0.39, 0.29) is 17.1 Å². The minimum absolute atomic E-state index is 0.148. The molecule has 0 atom stereocenters. The Labute approximate surface area is 174 Å². The van der Waals surface area contributed by atoms with Crippen molar-refractivity contribution in [3.63, 3.8) is 0 Å². The molecule has 2 aliphatic heterocycles. The Morgan fingerprint density at radius 1 is 1.13 bits per heavy atom. The van der Waals surface area contributed by atoms with Gasteiger partial charge in [0.15, 0.2) is 0 Å². The Kier molecular flexibility index (Phi) is 4.52. The molecule has 2 N–H and O–H groups in total. The van der Waals surface area contributed by atoms with Gasteiger partial charge in [-0.1, -0.05) is 30.3 Å². The maximum absolute atomic E-state index is 13.1. The number of aromatic nitrogens is 1. The second-order valence-corrected chi connectivity index (χ2v) is 8.44. The Morgan fingerprint density at radius 2 is 1.87 bits per heavy atom. The summed E-state index contributed by atoms with van der Waals surface area (Å²) in [5.74, 6) is 0.747. The zero-order valence-electron chi connectivity index (χ0n) is 17.2. The lowest BCUT2D eigenvalue weighted by Crippen LogP contribution is -2.39. The number of fused-ring (bicyclic) bond motifs is 3. The third-order valence-electron chi connectivity index (χ3n) is 5.83. The van der Waals surface area contributed by atoms with Gasteiger partial charge in [-0.3, -0.25) is 4.79 Å². The molecule has 0 bridgehead atoms. The Bertz CT molecular complexity index is 1110. The number of nitrogens with two attached hydrogens (primary N) is 1. The fourth-order valence-electron chi connectivity index (χ4n) is 4.27. The van der Waals surface area contributed by atoms with E-state index in [0.717, 1.165) is 35.4 Å². The highest BCUT2D eigenvalue weighted by Gasteiger charge is 2.34. The number of ether oxygens (including phenoxy) is 2. The number of morpholine rings is 1. The van der Waals surface area contributed by atoms with E-state index in [2.05, 4.69) is 18.7 Å². The van der Waals surface area contributed by atoms with Crippen molar-refractivity contribution < 1.29 is 18.7 Å². The molecule has 0 aliphatic carbocycles. The quantitative estimate of drug-likeness (QED) is 0.666. The fourth-order valence-corrected chi connectivity index (χ4v) is 4.27. The van der Waals surface area contributed by atoms with Gasteiger partial charge < -0.3 is 24.5 Å². The Balaban J connectivity index is 1.70. The number of hydrogen-bond donors (Lipinski definition) is 1. The molecule has 7 heteroatoms. The summed E-state index contributed by atoms with van der Waals surface area (Å²) in [5, 5.41) is 0.734. The number of nitrogens with zero attached hydrogens (tertiary/aromatic N) is 2. The molecule has 5 rings (SSSR count). The summed E-state index contributed by atoms with van der Waals surface area (Å²) in [6.45, 7) is 7.37. The minimum atomic E-state index is -0.336. The fraction of sp³-hybridized carbons (Fsp3) is 0.391. The number of pyridine rings is 1. The van der Waals surface area contributed by atoms with E-state index in [9.17, 15) is 4.79 Å². The molecule has 1 saturated heterocycles. The van der Waals surface area contributed by atoms with Gasteiger partial charge in [0.05, 0.1) is 36.5 Å². The van der Waals surface area contributed by atoms with Crippen molar-refractivity contribution >= 4 is 28.4 Å². The predicted molar refractivity (Wildman–Crippen MR) is 114 cm³/mol. The van der Waals surface area contributed by atoms with Gasteiger partial charge in [0, 0.05) is 30.6 Å². The van der Waals surface area contributed by atoms with Gasteiger partial charge in [0.1, 0.15) is 5.82 Å². The van der Waals surface area contributed by atoms with Crippen molar-refractivity contribution in [1.82, 2.24) is 4.98 Å². The van der Waals surface area contributed by atoms with Crippen LogP contribution in [0.3, 0.4) is 0 Å². The third kappa shape index (κ3) is 3.14. The number of carbonyl (C=O) groups is 1. The predicted octanol–water partition coefficient (Wildman–Crippen LogP) is 3.33. The van der Waals surface area contributed by atoms with Crippen LogP contribution in [0.5, 0.6) is 0 Å². The largest absolute Gasteiger partial charge is 0.432 e. The second kappa shape index (κ2) is 7.11. The second-order valence-electron chi connectivity index (χ2n) is 8.44. The number of ketones is 1. The van der Waals surface area contributed by atoms with E-state index in [1.54, 1.807) is 12.1 Å². The molecule has 1 aromatic carbocycles. The minimum Gasteiger partial charge on any atom is -0.432 e. The molecule has 2 aromatic heterocycles. The Morgan fingerprint density at radius 3 is 2.60 bits per heavy atom. The van der Waals surface area contributed by atoms with E-state index in [1.165, 1.54) is 0 Å². The first-order valence-corrected chi connectivity index (χ1v) is 10.2. The lowest BCUT2D eigenvalue weighted by atomic mass is 9.89. The highest BCUT2D eigenvalue weighted by atomic mass is 16.5. The number of hydrogen-bond acceptors (Lipinski definition) is 7. The summed E-state index contributed by atoms with van der Waals surface area (Å²) in [6.07, 6.45) is 0.668. The van der Waals surface area contributed by atoms with Gasteiger partial charge in [-0.2, -0.15) is 4.98 Å².